The number of anilines is 1. The van der Waals surface area contributed by atoms with Crippen molar-refractivity contribution in [1.82, 2.24) is 4.98 Å². The van der Waals surface area contributed by atoms with Gasteiger partial charge in [0.25, 0.3) is 5.69 Å². The topological polar surface area (TPSA) is 85.6 Å². The second-order valence-electron chi connectivity index (χ2n) is 4.54. The Morgan fingerprint density at radius 3 is 3.00 bits per heavy atom. The van der Waals surface area contributed by atoms with Gasteiger partial charge in [0.05, 0.1) is 24.0 Å². The van der Waals surface area contributed by atoms with Crippen LogP contribution in [-0.4, -0.2) is 36.1 Å². The molecule has 19 heavy (non-hydrogen) atoms. The number of esters is 1. The number of methoxy groups -OCH3 is 1. The monoisotopic (exact) mass is 265 g/mol. The van der Waals surface area contributed by atoms with E-state index in [1.54, 1.807) is 6.92 Å². The third-order valence-electron chi connectivity index (χ3n) is 3.30. The molecule has 7 heteroatoms. The highest BCUT2D eigenvalue weighted by Gasteiger charge is 2.30. The van der Waals surface area contributed by atoms with Crippen LogP contribution in [0.4, 0.5) is 11.5 Å². The van der Waals surface area contributed by atoms with Crippen LogP contribution in [0.2, 0.25) is 0 Å². The van der Waals surface area contributed by atoms with Crippen molar-refractivity contribution in [3.05, 3.63) is 27.9 Å². The molecule has 1 fully saturated rings. The average molecular weight is 265 g/mol. The van der Waals surface area contributed by atoms with E-state index >= 15 is 0 Å². The zero-order valence-corrected chi connectivity index (χ0v) is 10.8. The maximum Gasteiger partial charge on any atom is 0.310 e. The van der Waals surface area contributed by atoms with Crippen molar-refractivity contribution in [3.8, 4) is 0 Å². The quantitative estimate of drug-likeness (QED) is 0.465. The first-order valence-electron chi connectivity index (χ1n) is 5.96. The van der Waals surface area contributed by atoms with E-state index in [0.717, 1.165) is 0 Å². The van der Waals surface area contributed by atoms with Crippen LogP contribution in [0.1, 0.15) is 12.0 Å². The first-order valence-corrected chi connectivity index (χ1v) is 5.96. The van der Waals surface area contributed by atoms with E-state index in [1.807, 2.05) is 4.90 Å². The summed E-state index contributed by atoms with van der Waals surface area (Å²) in [5, 5.41) is 10.9. The lowest BCUT2D eigenvalue weighted by Crippen LogP contribution is -2.24. The van der Waals surface area contributed by atoms with E-state index in [4.69, 9.17) is 4.74 Å². The minimum absolute atomic E-state index is 0.0477. The van der Waals surface area contributed by atoms with Gasteiger partial charge in [0.15, 0.2) is 0 Å². The molecule has 0 saturated carbocycles. The van der Waals surface area contributed by atoms with Crippen LogP contribution in [0.15, 0.2) is 12.3 Å². The number of pyridine rings is 1. The second-order valence-corrected chi connectivity index (χ2v) is 4.54. The Morgan fingerprint density at radius 2 is 2.37 bits per heavy atom. The summed E-state index contributed by atoms with van der Waals surface area (Å²) in [6.07, 6.45) is 2.16. The molecule has 102 valence electrons. The molecule has 1 aliphatic rings. The van der Waals surface area contributed by atoms with Crippen molar-refractivity contribution in [2.24, 2.45) is 5.92 Å². The molecule has 0 spiro atoms. The fourth-order valence-corrected chi connectivity index (χ4v) is 2.20. The van der Waals surface area contributed by atoms with Gasteiger partial charge in [-0.2, -0.15) is 0 Å². The van der Waals surface area contributed by atoms with Crippen LogP contribution in [0, 0.1) is 23.0 Å². The summed E-state index contributed by atoms with van der Waals surface area (Å²) in [4.78, 5) is 28.0. The van der Waals surface area contributed by atoms with Crippen LogP contribution in [-0.2, 0) is 9.53 Å². The van der Waals surface area contributed by atoms with Gasteiger partial charge in [0, 0.05) is 24.8 Å². The fourth-order valence-electron chi connectivity index (χ4n) is 2.20. The number of nitrogens with zero attached hydrogens (tertiary/aromatic N) is 3. The summed E-state index contributed by atoms with van der Waals surface area (Å²) in [5.74, 6) is 0.0972. The molecule has 7 nitrogen and oxygen atoms in total. The summed E-state index contributed by atoms with van der Waals surface area (Å²) >= 11 is 0. The third-order valence-corrected chi connectivity index (χ3v) is 3.30. The van der Waals surface area contributed by atoms with Gasteiger partial charge in [0.1, 0.15) is 5.82 Å². The minimum Gasteiger partial charge on any atom is -0.469 e. The van der Waals surface area contributed by atoms with Crippen molar-refractivity contribution in [1.29, 1.82) is 0 Å². The van der Waals surface area contributed by atoms with E-state index in [2.05, 4.69) is 4.98 Å². The number of rotatable bonds is 3. The van der Waals surface area contributed by atoms with Gasteiger partial charge in [0.2, 0.25) is 0 Å². The van der Waals surface area contributed by atoms with Crippen LogP contribution < -0.4 is 4.90 Å². The highest BCUT2D eigenvalue weighted by Crippen LogP contribution is 2.27. The molecule has 1 atom stereocenters. The zero-order chi connectivity index (χ0) is 14.0. The molecule has 0 aromatic carbocycles. The summed E-state index contributed by atoms with van der Waals surface area (Å²) < 4.78 is 4.71. The molecule has 0 amide bonds. The van der Waals surface area contributed by atoms with Crippen molar-refractivity contribution in [3.63, 3.8) is 0 Å². The molecule has 2 rings (SSSR count). The van der Waals surface area contributed by atoms with Crippen molar-refractivity contribution in [2.45, 2.75) is 13.3 Å². The third kappa shape index (κ3) is 2.64. The van der Waals surface area contributed by atoms with Gasteiger partial charge in [-0.05, 0) is 13.3 Å². The molecule has 0 aliphatic carbocycles. The molecule has 1 aromatic heterocycles. The first-order chi connectivity index (χ1) is 9.02. The Bertz CT molecular complexity index is 518. The van der Waals surface area contributed by atoms with Crippen molar-refractivity contribution >= 4 is 17.5 Å². The highest BCUT2D eigenvalue weighted by molar-refractivity contribution is 5.74. The van der Waals surface area contributed by atoms with E-state index in [-0.39, 0.29) is 17.6 Å². The predicted octanol–water partition coefficient (Wildman–Crippen LogP) is 1.30. The summed E-state index contributed by atoms with van der Waals surface area (Å²) in [6, 6.07) is 1.45. The fraction of sp³-hybridized carbons (Fsp3) is 0.500. The summed E-state index contributed by atoms with van der Waals surface area (Å²) in [5.41, 5.74) is 0.573. The van der Waals surface area contributed by atoms with Gasteiger partial charge < -0.3 is 9.64 Å². The second kappa shape index (κ2) is 5.21. The molecule has 2 heterocycles. The Labute approximate surface area is 110 Å². The number of carbonyl (C=O) groups is 1. The van der Waals surface area contributed by atoms with Crippen LogP contribution in [0.3, 0.4) is 0 Å². The van der Waals surface area contributed by atoms with Gasteiger partial charge >= 0.3 is 5.97 Å². The Morgan fingerprint density at radius 1 is 1.63 bits per heavy atom. The van der Waals surface area contributed by atoms with Crippen LogP contribution >= 0.6 is 0 Å². The van der Waals surface area contributed by atoms with Gasteiger partial charge in [-0.1, -0.05) is 0 Å². The molecule has 0 N–H and O–H groups in total. The molecule has 0 bridgehead atoms. The highest BCUT2D eigenvalue weighted by atomic mass is 16.6. The number of hydrogen-bond acceptors (Lipinski definition) is 6. The zero-order valence-electron chi connectivity index (χ0n) is 10.8. The minimum atomic E-state index is -0.422. The Kier molecular flexibility index (Phi) is 3.64. The Balaban J connectivity index is 2.18. The normalized spacial score (nSPS) is 18.4. The standard InChI is InChI=1S/C12H15N3O4/c1-8-6-13-11(5-10(8)15(17)18)14-4-3-9(7-14)12(16)19-2/h5-6,9H,3-4,7H2,1-2H3. The number of aryl methyl sites for hydroxylation is 1. The van der Waals surface area contributed by atoms with Gasteiger partial charge in [-0.25, -0.2) is 4.98 Å². The average Bonchev–Trinajstić information content (AvgIpc) is 2.87. The molecule has 1 aromatic rings. The number of aromatic nitrogens is 1. The van der Waals surface area contributed by atoms with Crippen LogP contribution in [0.25, 0.3) is 0 Å². The maximum absolute atomic E-state index is 11.4. The van der Waals surface area contributed by atoms with E-state index in [0.29, 0.717) is 30.9 Å². The summed E-state index contributed by atoms with van der Waals surface area (Å²) in [7, 11) is 1.36. The van der Waals surface area contributed by atoms with Gasteiger partial charge in [-0.15, -0.1) is 0 Å². The molecular formula is C12H15N3O4. The summed E-state index contributed by atoms with van der Waals surface area (Å²) in [6.45, 7) is 2.78. The largest absolute Gasteiger partial charge is 0.469 e. The molecule has 0 radical (unpaired) electrons. The lowest BCUT2D eigenvalue weighted by atomic mass is 10.1. The smallest absolute Gasteiger partial charge is 0.310 e. The molecule has 1 aliphatic heterocycles. The lowest BCUT2D eigenvalue weighted by molar-refractivity contribution is -0.385. The first kappa shape index (κ1) is 13.3. The Hall–Kier alpha value is -2.18. The number of ether oxygens (including phenoxy) is 1. The number of carbonyl (C=O) groups excluding carboxylic acids is 1. The maximum atomic E-state index is 11.4. The van der Waals surface area contributed by atoms with E-state index in [1.165, 1.54) is 19.4 Å². The SMILES string of the molecule is COC(=O)C1CCN(c2cc([N+](=O)[O-])c(C)cn2)C1. The predicted molar refractivity (Wildman–Crippen MR) is 68.0 cm³/mol. The molecular weight excluding hydrogens is 250 g/mol. The van der Waals surface area contributed by atoms with Crippen LogP contribution in [0.5, 0.6) is 0 Å². The van der Waals surface area contributed by atoms with Gasteiger partial charge in [-0.3, -0.25) is 14.9 Å². The number of hydrogen-bond donors (Lipinski definition) is 0. The van der Waals surface area contributed by atoms with E-state index in [9.17, 15) is 14.9 Å². The molecule has 1 saturated heterocycles. The van der Waals surface area contributed by atoms with Crippen molar-refractivity contribution < 1.29 is 14.5 Å². The van der Waals surface area contributed by atoms with E-state index < -0.39 is 4.92 Å². The number of nitro groups is 1. The lowest BCUT2D eigenvalue weighted by Gasteiger charge is -2.16. The molecule has 1 unspecified atom stereocenters. The van der Waals surface area contributed by atoms with Crippen molar-refractivity contribution in [2.75, 3.05) is 25.1 Å².